The van der Waals surface area contributed by atoms with Crippen molar-refractivity contribution >= 4 is 28.3 Å². The lowest BCUT2D eigenvalue weighted by molar-refractivity contribution is 0.0691. The summed E-state index contributed by atoms with van der Waals surface area (Å²) in [6.07, 6.45) is 7.74. The highest BCUT2D eigenvalue weighted by Gasteiger charge is 2.30. The van der Waals surface area contributed by atoms with Crippen LogP contribution >= 0.6 is 11.3 Å². The maximum atomic E-state index is 15.2. The number of aromatic nitrogens is 3. The lowest BCUT2D eigenvalue weighted by Crippen LogP contribution is -2.10. The molecule has 2 aromatic carbocycles. The molecule has 40 heavy (non-hydrogen) atoms. The van der Waals surface area contributed by atoms with Crippen molar-refractivity contribution in [3.63, 3.8) is 0 Å². The molecule has 0 aliphatic heterocycles. The largest absolute Gasteiger partial charge is 0.490 e. The van der Waals surface area contributed by atoms with E-state index in [9.17, 15) is 14.1 Å². The molecular weight excluding hydrogens is 551 g/mol. The number of carboxylic acid groups (broad SMARTS) is 1. The van der Waals surface area contributed by atoms with Gasteiger partial charge in [-0.25, -0.2) is 28.2 Å². The van der Waals surface area contributed by atoms with Gasteiger partial charge in [0.15, 0.2) is 5.69 Å². The molecule has 2 fully saturated rings. The van der Waals surface area contributed by atoms with Crippen LogP contribution in [0.2, 0.25) is 0 Å². The fourth-order valence-corrected chi connectivity index (χ4v) is 6.42. The van der Waals surface area contributed by atoms with Crippen molar-refractivity contribution in [2.75, 3.05) is 0 Å². The lowest BCUT2D eigenvalue weighted by Gasteiger charge is -2.14. The van der Waals surface area contributed by atoms with Gasteiger partial charge in [0.05, 0.1) is 22.4 Å². The van der Waals surface area contributed by atoms with Gasteiger partial charge in [0.25, 0.3) is 0 Å². The van der Waals surface area contributed by atoms with Crippen molar-refractivity contribution in [2.24, 2.45) is 11.1 Å². The molecule has 6 rings (SSSR count). The molecule has 0 saturated heterocycles. The summed E-state index contributed by atoms with van der Waals surface area (Å²) < 4.78 is 34.9. The van der Waals surface area contributed by atoms with Crippen molar-refractivity contribution in [3.8, 4) is 22.1 Å². The van der Waals surface area contributed by atoms with Gasteiger partial charge in [-0.05, 0) is 80.7 Å². The predicted octanol–water partition coefficient (Wildman–Crippen LogP) is 5.68. The van der Waals surface area contributed by atoms with E-state index >= 15 is 4.39 Å². The number of thiazole rings is 1. The smallest absolute Gasteiger partial charge is 0.355 e. The van der Waals surface area contributed by atoms with Gasteiger partial charge in [-0.15, -0.1) is 11.3 Å². The lowest BCUT2D eigenvalue weighted by atomic mass is 9.96. The van der Waals surface area contributed by atoms with E-state index in [4.69, 9.17) is 15.0 Å². The molecule has 2 aliphatic carbocycles. The summed E-state index contributed by atoms with van der Waals surface area (Å²) in [5, 5.41) is 21.9. The molecule has 0 radical (unpaired) electrons. The molecule has 2 aromatic heterocycles. The summed E-state index contributed by atoms with van der Waals surface area (Å²) in [5.74, 6) is -0.356. The highest BCUT2D eigenvalue weighted by Crippen LogP contribution is 2.39. The van der Waals surface area contributed by atoms with Crippen LogP contribution in [0.15, 0.2) is 52.7 Å². The minimum absolute atomic E-state index is 0.0423. The van der Waals surface area contributed by atoms with Crippen LogP contribution < -0.4 is 9.88 Å². The maximum Gasteiger partial charge on any atom is 0.355 e. The van der Waals surface area contributed by atoms with Crippen LogP contribution in [0, 0.1) is 11.7 Å². The van der Waals surface area contributed by atoms with Crippen LogP contribution in [0.4, 0.5) is 4.39 Å². The number of hydrogen-bond acceptors (Lipinski definition) is 6. The molecular formula is C29H29FN4O4S2. The van der Waals surface area contributed by atoms with Crippen molar-refractivity contribution in [1.82, 2.24) is 14.8 Å². The zero-order valence-corrected chi connectivity index (χ0v) is 23.3. The Hall–Kier alpha value is -3.41. The average molecular weight is 581 g/mol. The van der Waals surface area contributed by atoms with Crippen molar-refractivity contribution in [3.05, 3.63) is 76.2 Å². The first-order valence-corrected chi connectivity index (χ1v) is 15.5. The Balaban J connectivity index is 1.47. The molecule has 2 saturated carbocycles. The van der Waals surface area contributed by atoms with E-state index in [1.807, 2.05) is 24.3 Å². The van der Waals surface area contributed by atoms with E-state index < -0.39 is 22.8 Å². The Morgan fingerprint density at radius 3 is 2.65 bits per heavy atom. The summed E-state index contributed by atoms with van der Waals surface area (Å²) >= 11 is 1.21. The Morgan fingerprint density at radius 2 is 1.98 bits per heavy atom. The first-order chi connectivity index (χ1) is 19.4. The minimum atomic E-state index is -1.78. The molecule has 0 spiro atoms. The number of nitrogens with two attached hydrogens (primary N) is 1. The fraction of sp³-hybridized carbons (Fsp3) is 0.345. The number of benzene rings is 2. The van der Waals surface area contributed by atoms with Crippen LogP contribution in [0.1, 0.15) is 65.8 Å². The molecule has 1 unspecified atom stereocenters. The summed E-state index contributed by atoms with van der Waals surface area (Å²) in [6.45, 7) is 0. The average Bonchev–Trinajstić information content (AvgIpc) is 3.28. The topological polar surface area (TPSA) is 120 Å². The van der Waals surface area contributed by atoms with Crippen LogP contribution in [0.25, 0.3) is 16.4 Å². The molecule has 2 heterocycles. The van der Waals surface area contributed by atoms with Crippen molar-refractivity contribution in [2.45, 2.75) is 62.4 Å². The monoisotopic (exact) mass is 580 g/mol. The van der Waals surface area contributed by atoms with Gasteiger partial charge in [-0.3, -0.25) is 0 Å². The Bertz CT molecular complexity index is 1590. The third kappa shape index (κ3) is 5.72. The van der Waals surface area contributed by atoms with E-state index in [1.165, 1.54) is 22.8 Å². The molecule has 2 aliphatic rings. The fourth-order valence-electron chi connectivity index (χ4n) is 5.23. The molecule has 8 nitrogen and oxygen atoms in total. The highest BCUT2D eigenvalue weighted by molar-refractivity contribution is 7.82. The SMILES string of the molecule is NS(=O)c1ccc(Cc2c(-c3cccc(OC4CCCC4)c3)nn(-c3nc(C(=O)O)cs3)c2CC2CC2)c(F)c1. The number of carboxylic acids is 1. The van der Waals surface area contributed by atoms with Crippen LogP contribution in [-0.4, -0.2) is 36.2 Å². The highest BCUT2D eigenvalue weighted by atomic mass is 32.2. The number of rotatable bonds is 10. The van der Waals surface area contributed by atoms with Crippen LogP contribution in [0.5, 0.6) is 5.75 Å². The Kier molecular flexibility index (Phi) is 7.52. The number of aromatic carboxylic acids is 1. The first kappa shape index (κ1) is 26.8. The van der Waals surface area contributed by atoms with Gasteiger partial charge in [0.1, 0.15) is 22.6 Å². The molecule has 1 atom stereocenters. The van der Waals surface area contributed by atoms with E-state index in [0.29, 0.717) is 22.3 Å². The number of hydrogen-bond donors (Lipinski definition) is 2. The summed E-state index contributed by atoms with van der Waals surface area (Å²) in [4.78, 5) is 16.1. The second-order valence-corrected chi connectivity index (χ2v) is 12.3. The van der Waals surface area contributed by atoms with E-state index in [1.54, 1.807) is 16.8 Å². The van der Waals surface area contributed by atoms with Crippen molar-refractivity contribution < 1.29 is 23.2 Å². The minimum Gasteiger partial charge on any atom is -0.490 e. The normalized spacial score (nSPS) is 16.4. The first-order valence-electron chi connectivity index (χ1n) is 13.4. The second-order valence-electron chi connectivity index (χ2n) is 10.4. The Morgan fingerprint density at radius 1 is 1.18 bits per heavy atom. The van der Waals surface area contributed by atoms with E-state index in [0.717, 1.165) is 67.5 Å². The van der Waals surface area contributed by atoms with Gasteiger partial charge in [0.2, 0.25) is 5.13 Å². The summed E-state index contributed by atoms with van der Waals surface area (Å²) in [7, 11) is -1.78. The number of carbonyl (C=O) groups is 1. The van der Waals surface area contributed by atoms with Gasteiger partial charge in [0, 0.05) is 22.9 Å². The quantitative estimate of drug-likeness (QED) is 0.249. The van der Waals surface area contributed by atoms with Gasteiger partial charge < -0.3 is 9.84 Å². The molecule has 11 heteroatoms. The Labute approximate surface area is 237 Å². The molecule has 4 aromatic rings. The predicted molar refractivity (Wildman–Crippen MR) is 151 cm³/mol. The third-order valence-corrected chi connectivity index (χ3v) is 9.03. The van der Waals surface area contributed by atoms with E-state index in [-0.39, 0.29) is 23.1 Å². The molecule has 208 valence electrons. The van der Waals surface area contributed by atoms with Gasteiger partial charge >= 0.3 is 5.97 Å². The maximum absolute atomic E-state index is 15.2. The molecule has 0 amide bonds. The third-order valence-electron chi connectivity index (χ3n) is 7.50. The zero-order valence-electron chi connectivity index (χ0n) is 21.7. The second kappa shape index (κ2) is 11.2. The van der Waals surface area contributed by atoms with Gasteiger partial charge in [-0.2, -0.15) is 5.10 Å². The van der Waals surface area contributed by atoms with Crippen LogP contribution in [0.3, 0.4) is 0 Å². The summed E-state index contributed by atoms with van der Waals surface area (Å²) in [6, 6.07) is 12.2. The van der Waals surface area contributed by atoms with E-state index in [2.05, 4.69) is 4.98 Å². The number of ether oxygens (including phenoxy) is 1. The zero-order chi connectivity index (χ0) is 27.8. The molecule has 0 bridgehead atoms. The number of nitrogens with zero attached hydrogens (tertiary/aromatic N) is 3. The van der Waals surface area contributed by atoms with Gasteiger partial charge in [-0.1, -0.05) is 18.2 Å². The van der Waals surface area contributed by atoms with Crippen LogP contribution in [-0.2, 0) is 23.8 Å². The molecule has 3 N–H and O–H groups in total. The number of halogens is 1. The van der Waals surface area contributed by atoms with Crippen molar-refractivity contribution in [1.29, 1.82) is 0 Å². The standard InChI is InChI=1S/C29H29FN4O4S2/c30-24-15-22(40(31)37)11-10-18(24)14-23-26(12-17-8-9-17)34(29-32-25(16-39-29)28(35)36)33-27(23)19-4-3-7-21(13-19)38-20-5-1-2-6-20/h3-4,7,10-11,13,15-17,20H,1-2,5-6,8-9,12,14,31H2,(H,35,36). The summed E-state index contributed by atoms with van der Waals surface area (Å²) in [5.41, 5.74) is 3.62.